The van der Waals surface area contributed by atoms with Crippen LogP contribution in [0.5, 0.6) is 0 Å². The van der Waals surface area contributed by atoms with E-state index < -0.39 is 70.5 Å². The Bertz CT molecular complexity index is 1450. The molecule has 9 nitrogen and oxygen atoms in total. The number of hydrogen-bond donors (Lipinski definition) is 1. The number of rotatable bonds is 9. The van der Waals surface area contributed by atoms with Crippen molar-refractivity contribution in [1.82, 2.24) is 0 Å². The molecule has 0 radical (unpaired) electrons. The second kappa shape index (κ2) is 14.8. The fourth-order valence-electron chi connectivity index (χ4n) is 5.31. The molecule has 0 aliphatic carbocycles. The smallest absolute Gasteiger partial charge is 0.311 e. The van der Waals surface area contributed by atoms with Crippen molar-refractivity contribution in [2.24, 2.45) is 16.2 Å². The Kier molecular flexibility index (Phi) is 11.4. The van der Waals surface area contributed by atoms with Crippen molar-refractivity contribution in [3.8, 4) is 0 Å². The molecule has 5 atom stereocenters. The molecule has 1 saturated heterocycles. The highest BCUT2D eigenvalue weighted by Crippen LogP contribution is 2.42. The quantitative estimate of drug-likeness (QED) is 0.153. The summed E-state index contributed by atoms with van der Waals surface area (Å²) in [6.45, 7) is 14.8. The zero-order chi connectivity index (χ0) is 36.2. The number of aliphatic hydroxyl groups excluding tert-OH is 1. The summed E-state index contributed by atoms with van der Waals surface area (Å²) in [7, 11) is 0. The molecule has 1 fully saturated rings. The molecular weight excluding hydrogens is 624 g/mol. The molecule has 3 aromatic rings. The molecule has 264 valence electrons. The lowest BCUT2D eigenvalue weighted by molar-refractivity contribution is -0.303. The third kappa shape index (κ3) is 8.76. The third-order valence-corrected chi connectivity index (χ3v) is 8.18. The standard InChI is InChI=1S/C40H50O9/c1-37(2,3)34(42)47-30-29(46-33(41)32(49-36(44)39(7,8)9)31(30)48-35(43)38(4,5)6)25-45-40(26-19-13-10-14-20-26,27-21-15-11-16-22-27)28-23-17-12-18-24-28/h10-24,29-33,41H,25H2,1-9H3/t29-,30-,31+,32-,33?/m1/s1. The number of carbonyl (C=O) groups excluding carboxylic acids is 3. The van der Waals surface area contributed by atoms with Crippen LogP contribution in [0.3, 0.4) is 0 Å². The van der Waals surface area contributed by atoms with Gasteiger partial charge in [-0.1, -0.05) is 91.0 Å². The van der Waals surface area contributed by atoms with E-state index in [2.05, 4.69) is 0 Å². The molecule has 0 spiro atoms. The second-order valence-corrected chi connectivity index (χ2v) is 15.5. The van der Waals surface area contributed by atoms with Gasteiger partial charge in [-0.2, -0.15) is 0 Å². The molecule has 0 saturated carbocycles. The van der Waals surface area contributed by atoms with Gasteiger partial charge in [-0.15, -0.1) is 0 Å². The molecule has 0 aromatic heterocycles. The summed E-state index contributed by atoms with van der Waals surface area (Å²) < 4.78 is 31.0. The Morgan fingerprint density at radius 3 is 1.22 bits per heavy atom. The van der Waals surface area contributed by atoms with E-state index in [0.717, 1.165) is 16.7 Å². The van der Waals surface area contributed by atoms with Gasteiger partial charge in [0.2, 0.25) is 0 Å². The minimum atomic E-state index is -1.75. The first kappa shape index (κ1) is 37.8. The van der Waals surface area contributed by atoms with Gasteiger partial charge in [-0.05, 0) is 79.0 Å². The summed E-state index contributed by atoms with van der Waals surface area (Å²) in [6.07, 6.45) is -7.18. The maximum absolute atomic E-state index is 13.5. The van der Waals surface area contributed by atoms with Crippen molar-refractivity contribution in [3.63, 3.8) is 0 Å². The molecule has 4 rings (SSSR count). The Labute approximate surface area is 289 Å². The summed E-state index contributed by atoms with van der Waals surface area (Å²) in [5, 5.41) is 11.4. The molecule has 1 heterocycles. The zero-order valence-corrected chi connectivity index (χ0v) is 30.0. The summed E-state index contributed by atoms with van der Waals surface area (Å²) in [5.41, 5.74) is -1.62. The lowest BCUT2D eigenvalue weighted by Gasteiger charge is -2.45. The van der Waals surface area contributed by atoms with E-state index >= 15 is 0 Å². The predicted molar refractivity (Wildman–Crippen MR) is 184 cm³/mol. The van der Waals surface area contributed by atoms with Gasteiger partial charge in [0, 0.05) is 0 Å². The van der Waals surface area contributed by atoms with Gasteiger partial charge in [0.05, 0.1) is 22.9 Å². The van der Waals surface area contributed by atoms with Crippen LogP contribution in [0.4, 0.5) is 0 Å². The molecule has 1 aliphatic rings. The highest BCUT2D eigenvalue weighted by molar-refractivity contribution is 5.77. The highest BCUT2D eigenvalue weighted by Gasteiger charge is 2.54. The van der Waals surface area contributed by atoms with Gasteiger partial charge >= 0.3 is 17.9 Å². The van der Waals surface area contributed by atoms with Crippen LogP contribution in [0, 0.1) is 16.2 Å². The van der Waals surface area contributed by atoms with Crippen LogP contribution < -0.4 is 0 Å². The van der Waals surface area contributed by atoms with E-state index in [1.807, 2.05) is 91.0 Å². The van der Waals surface area contributed by atoms with Crippen LogP contribution in [0.1, 0.15) is 79.0 Å². The van der Waals surface area contributed by atoms with Crippen LogP contribution in [-0.2, 0) is 43.7 Å². The van der Waals surface area contributed by atoms with Crippen molar-refractivity contribution in [2.75, 3.05) is 6.61 Å². The second-order valence-electron chi connectivity index (χ2n) is 15.5. The average Bonchev–Trinajstić information content (AvgIpc) is 3.04. The Hall–Kier alpha value is -4.05. The SMILES string of the molecule is CC(C)(C)C(=O)O[C@H]1[C@H](OC(=O)C(C)(C)C)[C@@H](OC(=O)C(C)(C)C)C(O)O[C@@H]1COC(c1ccccc1)(c1ccccc1)c1ccccc1. The van der Waals surface area contributed by atoms with E-state index in [9.17, 15) is 19.5 Å². The van der Waals surface area contributed by atoms with Crippen LogP contribution in [0.25, 0.3) is 0 Å². The van der Waals surface area contributed by atoms with E-state index in [1.54, 1.807) is 62.3 Å². The zero-order valence-electron chi connectivity index (χ0n) is 30.0. The molecule has 0 amide bonds. The highest BCUT2D eigenvalue weighted by atomic mass is 16.7. The largest absolute Gasteiger partial charge is 0.455 e. The van der Waals surface area contributed by atoms with Crippen LogP contribution >= 0.6 is 0 Å². The average molecular weight is 675 g/mol. The third-order valence-electron chi connectivity index (χ3n) is 8.18. The van der Waals surface area contributed by atoms with Crippen molar-refractivity contribution < 1.29 is 43.2 Å². The number of benzene rings is 3. The summed E-state index contributed by atoms with van der Waals surface area (Å²) in [6, 6.07) is 29.0. The van der Waals surface area contributed by atoms with Gasteiger partial charge in [0.25, 0.3) is 0 Å². The van der Waals surface area contributed by atoms with Crippen LogP contribution in [0.15, 0.2) is 91.0 Å². The number of aliphatic hydroxyl groups is 1. The predicted octanol–water partition coefficient (Wildman–Crippen LogP) is 6.59. The molecule has 1 aliphatic heterocycles. The summed E-state index contributed by atoms with van der Waals surface area (Å²) in [5.74, 6) is -1.92. The number of esters is 3. The van der Waals surface area contributed by atoms with Crippen LogP contribution in [0.2, 0.25) is 0 Å². The molecular formula is C40H50O9. The topological polar surface area (TPSA) is 118 Å². The molecule has 49 heavy (non-hydrogen) atoms. The molecule has 0 bridgehead atoms. The van der Waals surface area contributed by atoms with Gasteiger partial charge < -0.3 is 28.8 Å². The van der Waals surface area contributed by atoms with Crippen molar-refractivity contribution in [3.05, 3.63) is 108 Å². The fourth-order valence-corrected chi connectivity index (χ4v) is 5.31. The first-order valence-electron chi connectivity index (χ1n) is 16.6. The Morgan fingerprint density at radius 2 is 0.878 bits per heavy atom. The van der Waals surface area contributed by atoms with E-state index in [1.165, 1.54) is 0 Å². The minimum absolute atomic E-state index is 0.235. The minimum Gasteiger partial charge on any atom is -0.455 e. The van der Waals surface area contributed by atoms with Gasteiger partial charge in [-0.3, -0.25) is 14.4 Å². The molecule has 9 heteroatoms. The monoisotopic (exact) mass is 674 g/mol. The van der Waals surface area contributed by atoms with Crippen molar-refractivity contribution in [1.29, 1.82) is 0 Å². The van der Waals surface area contributed by atoms with Crippen molar-refractivity contribution >= 4 is 17.9 Å². The Balaban J connectivity index is 1.85. The Morgan fingerprint density at radius 1 is 0.551 bits per heavy atom. The van der Waals surface area contributed by atoms with Gasteiger partial charge in [0.15, 0.2) is 24.6 Å². The van der Waals surface area contributed by atoms with E-state index in [4.69, 9.17) is 23.7 Å². The first-order chi connectivity index (χ1) is 22.9. The van der Waals surface area contributed by atoms with Crippen molar-refractivity contribution in [2.45, 2.75) is 98.6 Å². The first-order valence-corrected chi connectivity index (χ1v) is 16.6. The van der Waals surface area contributed by atoms with Gasteiger partial charge in [-0.25, -0.2) is 0 Å². The summed E-state index contributed by atoms with van der Waals surface area (Å²) in [4.78, 5) is 40.1. The molecule has 3 aromatic carbocycles. The number of ether oxygens (including phenoxy) is 5. The van der Waals surface area contributed by atoms with E-state index in [0.29, 0.717) is 0 Å². The van der Waals surface area contributed by atoms with E-state index in [-0.39, 0.29) is 6.61 Å². The van der Waals surface area contributed by atoms with Gasteiger partial charge in [0.1, 0.15) is 11.7 Å². The molecule has 1 unspecified atom stereocenters. The number of carbonyl (C=O) groups is 3. The lowest BCUT2D eigenvalue weighted by Crippen LogP contribution is -2.63. The summed E-state index contributed by atoms with van der Waals surface area (Å²) >= 11 is 0. The maximum atomic E-state index is 13.5. The normalized spacial score (nSPS) is 21.8. The maximum Gasteiger partial charge on any atom is 0.311 e. The molecule has 1 N–H and O–H groups in total. The fraction of sp³-hybridized carbons (Fsp3) is 0.475. The van der Waals surface area contributed by atoms with Crippen LogP contribution in [-0.4, -0.2) is 60.3 Å². The number of hydrogen-bond acceptors (Lipinski definition) is 9. The lowest BCUT2D eigenvalue weighted by atomic mass is 9.80.